The van der Waals surface area contributed by atoms with Crippen molar-refractivity contribution in [1.82, 2.24) is 14.8 Å². The summed E-state index contributed by atoms with van der Waals surface area (Å²) in [6.45, 7) is 1.03. The van der Waals surface area contributed by atoms with Crippen LogP contribution in [0.5, 0.6) is 5.75 Å². The van der Waals surface area contributed by atoms with E-state index in [9.17, 15) is 4.79 Å². The molecule has 1 aliphatic rings. The van der Waals surface area contributed by atoms with Gasteiger partial charge >= 0.3 is 0 Å². The maximum absolute atomic E-state index is 12.5. The summed E-state index contributed by atoms with van der Waals surface area (Å²) in [7, 11) is 0. The summed E-state index contributed by atoms with van der Waals surface area (Å²) in [6, 6.07) is 16.9. The third-order valence-corrected chi connectivity index (χ3v) is 4.23. The van der Waals surface area contributed by atoms with Crippen molar-refractivity contribution in [2.45, 2.75) is 19.1 Å². The lowest BCUT2D eigenvalue weighted by molar-refractivity contribution is -0.125. The van der Waals surface area contributed by atoms with Gasteiger partial charge < -0.3 is 14.9 Å². The molecule has 1 aliphatic heterocycles. The lowest BCUT2D eigenvalue weighted by Crippen LogP contribution is -2.28. The van der Waals surface area contributed by atoms with E-state index >= 15 is 0 Å². The molecule has 3 aromatic rings. The number of anilines is 1. The van der Waals surface area contributed by atoms with E-state index in [-0.39, 0.29) is 5.91 Å². The SMILES string of the molecule is O=C(Nc1cccc(OCCn2cncn2)c1)C1CC(c2ccccc2)=NO1. The number of carbonyl (C=O) groups is 1. The first-order chi connectivity index (χ1) is 13.8. The van der Waals surface area contributed by atoms with Crippen LogP contribution in [0.25, 0.3) is 0 Å². The topological polar surface area (TPSA) is 90.6 Å². The van der Waals surface area contributed by atoms with Crippen molar-refractivity contribution in [2.75, 3.05) is 11.9 Å². The van der Waals surface area contributed by atoms with Crippen molar-refractivity contribution < 1.29 is 14.4 Å². The first kappa shape index (κ1) is 17.7. The molecule has 0 bridgehead atoms. The number of benzene rings is 2. The highest BCUT2D eigenvalue weighted by molar-refractivity contribution is 6.06. The first-order valence-corrected chi connectivity index (χ1v) is 8.92. The predicted octanol–water partition coefficient (Wildman–Crippen LogP) is 2.49. The minimum absolute atomic E-state index is 0.241. The Morgan fingerprint density at radius 3 is 2.93 bits per heavy atom. The number of ether oxygens (including phenoxy) is 1. The Morgan fingerprint density at radius 2 is 2.11 bits per heavy atom. The molecule has 0 aliphatic carbocycles. The Hall–Kier alpha value is -3.68. The molecule has 1 aromatic heterocycles. The predicted molar refractivity (Wildman–Crippen MR) is 103 cm³/mol. The van der Waals surface area contributed by atoms with Crippen LogP contribution in [0.2, 0.25) is 0 Å². The molecule has 8 heteroatoms. The lowest BCUT2D eigenvalue weighted by atomic mass is 10.0. The van der Waals surface area contributed by atoms with Gasteiger partial charge in [0.05, 0.1) is 12.3 Å². The van der Waals surface area contributed by atoms with Gasteiger partial charge in [-0.2, -0.15) is 5.10 Å². The van der Waals surface area contributed by atoms with Crippen LogP contribution in [0.1, 0.15) is 12.0 Å². The molecule has 0 saturated heterocycles. The molecule has 0 saturated carbocycles. The maximum atomic E-state index is 12.5. The molecule has 142 valence electrons. The molecular formula is C20H19N5O3. The van der Waals surface area contributed by atoms with Gasteiger partial charge in [-0.05, 0) is 17.7 Å². The highest BCUT2D eigenvalue weighted by Gasteiger charge is 2.28. The Labute approximate surface area is 161 Å². The number of nitrogens with zero attached hydrogens (tertiary/aromatic N) is 4. The van der Waals surface area contributed by atoms with Gasteiger partial charge in [-0.15, -0.1) is 0 Å². The first-order valence-electron chi connectivity index (χ1n) is 8.92. The summed E-state index contributed by atoms with van der Waals surface area (Å²) in [5.74, 6) is 0.418. The van der Waals surface area contributed by atoms with Gasteiger partial charge in [0.15, 0.2) is 0 Å². The lowest BCUT2D eigenvalue weighted by Gasteiger charge is -2.11. The fraction of sp³-hybridized carbons (Fsp3) is 0.200. The second-order valence-electron chi connectivity index (χ2n) is 6.23. The smallest absolute Gasteiger partial charge is 0.268 e. The molecule has 2 aromatic carbocycles. The molecule has 28 heavy (non-hydrogen) atoms. The molecule has 1 amide bonds. The molecule has 1 unspecified atom stereocenters. The third kappa shape index (κ3) is 4.35. The molecule has 0 radical (unpaired) electrons. The van der Waals surface area contributed by atoms with E-state index < -0.39 is 6.10 Å². The van der Waals surface area contributed by atoms with Gasteiger partial charge in [-0.25, -0.2) is 9.67 Å². The van der Waals surface area contributed by atoms with E-state index in [1.165, 1.54) is 6.33 Å². The van der Waals surface area contributed by atoms with Crippen LogP contribution in [0.3, 0.4) is 0 Å². The van der Waals surface area contributed by atoms with E-state index in [1.807, 2.05) is 42.5 Å². The van der Waals surface area contributed by atoms with Crippen molar-refractivity contribution in [3.8, 4) is 5.75 Å². The van der Waals surface area contributed by atoms with Crippen LogP contribution in [-0.4, -0.2) is 39.1 Å². The highest BCUT2D eigenvalue weighted by atomic mass is 16.6. The number of amides is 1. The average molecular weight is 377 g/mol. The molecule has 8 nitrogen and oxygen atoms in total. The fourth-order valence-corrected chi connectivity index (χ4v) is 2.81. The molecule has 1 N–H and O–H groups in total. The summed E-state index contributed by atoms with van der Waals surface area (Å²) in [5.41, 5.74) is 2.37. The highest BCUT2D eigenvalue weighted by Crippen LogP contribution is 2.21. The van der Waals surface area contributed by atoms with Crippen LogP contribution in [0.4, 0.5) is 5.69 Å². The number of rotatable bonds is 7. The summed E-state index contributed by atoms with van der Waals surface area (Å²) in [5, 5.41) is 10.9. The number of oxime groups is 1. The van der Waals surface area contributed by atoms with Crippen LogP contribution in [0, 0.1) is 0 Å². The Bertz CT molecular complexity index is 957. The largest absolute Gasteiger partial charge is 0.492 e. The second-order valence-corrected chi connectivity index (χ2v) is 6.23. The summed E-state index contributed by atoms with van der Waals surface area (Å²) in [6.07, 6.45) is 2.90. The number of aromatic nitrogens is 3. The molecule has 4 rings (SSSR count). The molecular weight excluding hydrogens is 358 g/mol. The van der Waals surface area contributed by atoms with Crippen LogP contribution >= 0.6 is 0 Å². The van der Waals surface area contributed by atoms with E-state index in [2.05, 4.69) is 20.6 Å². The average Bonchev–Trinajstić information content (AvgIpc) is 3.41. The van der Waals surface area contributed by atoms with E-state index in [1.54, 1.807) is 23.1 Å². The molecule has 0 spiro atoms. The Morgan fingerprint density at radius 1 is 1.21 bits per heavy atom. The summed E-state index contributed by atoms with van der Waals surface area (Å²) < 4.78 is 7.40. The third-order valence-electron chi connectivity index (χ3n) is 4.23. The fourth-order valence-electron chi connectivity index (χ4n) is 2.81. The van der Waals surface area contributed by atoms with Crippen molar-refractivity contribution >= 4 is 17.3 Å². The van der Waals surface area contributed by atoms with Crippen molar-refractivity contribution in [3.63, 3.8) is 0 Å². The number of nitrogens with one attached hydrogen (secondary N) is 1. The van der Waals surface area contributed by atoms with Gasteiger partial charge in [-0.1, -0.05) is 41.6 Å². The normalized spacial score (nSPS) is 15.6. The number of carbonyl (C=O) groups excluding carboxylic acids is 1. The second kappa shape index (κ2) is 8.34. The standard InChI is InChI=1S/C20H19N5O3/c26-20(19-12-18(24-28-19)15-5-2-1-3-6-15)23-16-7-4-8-17(11-16)27-10-9-25-14-21-13-22-25/h1-8,11,13-14,19H,9-10,12H2,(H,23,26). The van der Waals surface area contributed by atoms with Gasteiger partial charge in [0.2, 0.25) is 6.10 Å². The summed E-state index contributed by atoms with van der Waals surface area (Å²) in [4.78, 5) is 21.7. The zero-order valence-corrected chi connectivity index (χ0v) is 15.1. The van der Waals surface area contributed by atoms with Crippen molar-refractivity contribution in [1.29, 1.82) is 0 Å². The van der Waals surface area contributed by atoms with Gasteiger partial charge in [-0.3, -0.25) is 4.79 Å². The molecule has 2 heterocycles. The van der Waals surface area contributed by atoms with Crippen LogP contribution < -0.4 is 10.1 Å². The number of hydrogen-bond donors (Lipinski definition) is 1. The van der Waals surface area contributed by atoms with Crippen LogP contribution in [-0.2, 0) is 16.2 Å². The zero-order chi connectivity index (χ0) is 19.2. The van der Waals surface area contributed by atoms with Gasteiger partial charge in [0.25, 0.3) is 5.91 Å². The molecule has 0 fully saturated rings. The minimum atomic E-state index is -0.646. The maximum Gasteiger partial charge on any atom is 0.268 e. The van der Waals surface area contributed by atoms with Crippen molar-refractivity contribution in [2.24, 2.45) is 5.16 Å². The van der Waals surface area contributed by atoms with E-state index in [4.69, 9.17) is 9.57 Å². The minimum Gasteiger partial charge on any atom is -0.492 e. The van der Waals surface area contributed by atoms with Crippen LogP contribution in [0.15, 0.2) is 72.4 Å². The van der Waals surface area contributed by atoms with E-state index in [0.717, 1.165) is 11.3 Å². The Balaban J connectivity index is 1.30. The van der Waals surface area contributed by atoms with Crippen molar-refractivity contribution in [3.05, 3.63) is 72.8 Å². The number of hydrogen-bond acceptors (Lipinski definition) is 6. The Kier molecular flexibility index (Phi) is 5.28. The summed E-state index contributed by atoms with van der Waals surface area (Å²) >= 11 is 0. The van der Waals surface area contributed by atoms with Gasteiger partial charge in [0, 0.05) is 18.2 Å². The molecule has 1 atom stereocenters. The zero-order valence-electron chi connectivity index (χ0n) is 15.1. The monoisotopic (exact) mass is 377 g/mol. The van der Waals surface area contributed by atoms with Gasteiger partial charge in [0.1, 0.15) is 25.0 Å². The quantitative estimate of drug-likeness (QED) is 0.683. The van der Waals surface area contributed by atoms with E-state index in [0.29, 0.717) is 31.0 Å².